The van der Waals surface area contributed by atoms with Gasteiger partial charge in [-0.15, -0.1) is 11.3 Å². The molecule has 9 aromatic rings. The van der Waals surface area contributed by atoms with Crippen molar-refractivity contribution in [3.8, 4) is 22.3 Å². The van der Waals surface area contributed by atoms with Crippen LogP contribution in [0.2, 0.25) is 0 Å². The van der Waals surface area contributed by atoms with Crippen molar-refractivity contribution in [2.45, 2.75) is 25.2 Å². The number of fused-ring (bicyclic) bond motifs is 16. The molecule has 272 valence electrons. The van der Waals surface area contributed by atoms with Crippen LogP contribution in [0.1, 0.15) is 47.6 Å². The number of anilines is 6. The van der Waals surface area contributed by atoms with E-state index >= 15 is 0 Å². The van der Waals surface area contributed by atoms with E-state index in [-0.39, 0.29) is 12.1 Å². The first kappa shape index (κ1) is 32.5. The number of nitrogens with zero attached hydrogens (tertiary/aromatic N) is 2. The molecule has 0 N–H and O–H groups in total. The van der Waals surface area contributed by atoms with E-state index < -0.39 is 0 Å². The topological polar surface area (TPSA) is 6.48 Å². The molecule has 0 saturated carbocycles. The van der Waals surface area contributed by atoms with E-state index in [0.29, 0.717) is 5.92 Å². The van der Waals surface area contributed by atoms with Crippen LogP contribution in [-0.2, 0) is 5.41 Å². The van der Waals surface area contributed by atoms with Gasteiger partial charge in [0.25, 0.3) is 6.71 Å². The van der Waals surface area contributed by atoms with Crippen LogP contribution in [0.4, 0.5) is 34.1 Å². The van der Waals surface area contributed by atoms with Gasteiger partial charge >= 0.3 is 0 Å². The van der Waals surface area contributed by atoms with Gasteiger partial charge in [-0.25, -0.2) is 0 Å². The van der Waals surface area contributed by atoms with Gasteiger partial charge in [-0.3, -0.25) is 0 Å². The summed E-state index contributed by atoms with van der Waals surface area (Å²) in [6.07, 6.45) is 0. The van der Waals surface area contributed by atoms with E-state index in [4.69, 9.17) is 0 Å². The molecular weight excluding hydrogens is 719 g/mol. The molecule has 13 rings (SSSR count). The van der Waals surface area contributed by atoms with Crippen LogP contribution >= 0.6 is 11.3 Å². The lowest BCUT2D eigenvalue weighted by Crippen LogP contribution is -2.60. The molecule has 4 heteroatoms. The molecule has 1 spiro atoms. The zero-order chi connectivity index (χ0) is 38.3. The summed E-state index contributed by atoms with van der Waals surface area (Å²) >= 11 is 1.99. The van der Waals surface area contributed by atoms with Crippen molar-refractivity contribution in [1.82, 2.24) is 0 Å². The third kappa shape index (κ3) is 4.03. The summed E-state index contributed by atoms with van der Waals surface area (Å²) in [4.78, 5) is 5.07. The van der Waals surface area contributed by atoms with Crippen molar-refractivity contribution in [3.05, 3.63) is 210 Å². The smallest absolute Gasteiger partial charge is 0.264 e. The van der Waals surface area contributed by atoms with Gasteiger partial charge in [-0.1, -0.05) is 141 Å². The lowest BCUT2D eigenvalue weighted by molar-refractivity contribution is 0.795. The summed E-state index contributed by atoms with van der Waals surface area (Å²) in [5.74, 6) is 0.457. The SMILES string of the molecule is CC(C)c1ccc(N2c3cccc4c3B(c3ccccc3N4c3ccccc3)c3sc4cc5c(cc4c32)-c2ccccc2C52c3ccccc3-c3ccccc32)cc1. The molecule has 8 aromatic carbocycles. The summed E-state index contributed by atoms with van der Waals surface area (Å²) in [5.41, 5.74) is 22.0. The average Bonchev–Trinajstić information content (AvgIpc) is 3.89. The Balaban J connectivity index is 1.14. The average molecular weight is 757 g/mol. The minimum Gasteiger partial charge on any atom is -0.311 e. The molecule has 0 fully saturated rings. The number of thiophene rings is 1. The van der Waals surface area contributed by atoms with Gasteiger partial charge in [0.1, 0.15) is 0 Å². The summed E-state index contributed by atoms with van der Waals surface area (Å²) in [6, 6.07) is 68.9. The van der Waals surface area contributed by atoms with E-state index in [9.17, 15) is 0 Å². The standard InChI is InChI=1S/C54H37BN2S/c1-33(2)34-27-29-36(30-28-34)57-49-26-14-25-48-51(49)55(46-23-12-13-24-47(46)56(48)35-15-4-3-5-16-35)53-52(57)41-31-40-39-19-8-11-22-44(39)54(45(40)32-50(41)58-53)42-20-9-6-17-37(42)38-18-7-10-21-43(38)54/h3-33H,1-2H3. The Morgan fingerprint density at radius 1 is 0.483 bits per heavy atom. The number of benzene rings is 8. The summed E-state index contributed by atoms with van der Waals surface area (Å²) in [6.45, 7) is 4.64. The molecule has 0 unspecified atom stereocenters. The summed E-state index contributed by atoms with van der Waals surface area (Å²) < 4.78 is 2.74. The van der Waals surface area contributed by atoms with E-state index in [2.05, 4.69) is 206 Å². The van der Waals surface area contributed by atoms with Gasteiger partial charge in [0, 0.05) is 43.3 Å². The van der Waals surface area contributed by atoms with Crippen LogP contribution in [0.15, 0.2) is 182 Å². The second-order valence-electron chi connectivity index (χ2n) is 16.5. The maximum absolute atomic E-state index is 2.59. The Kier molecular flexibility index (Phi) is 6.56. The lowest BCUT2D eigenvalue weighted by atomic mass is 9.36. The molecule has 1 aromatic heterocycles. The highest BCUT2D eigenvalue weighted by atomic mass is 32.1. The third-order valence-corrected chi connectivity index (χ3v) is 14.6. The predicted octanol–water partition coefficient (Wildman–Crippen LogP) is 12.5. The van der Waals surface area contributed by atoms with Crippen LogP contribution in [0.25, 0.3) is 32.3 Å². The second-order valence-corrected chi connectivity index (χ2v) is 17.6. The van der Waals surface area contributed by atoms with Gasteiger partial charge in [0.15, 0.2) is 0 Å². The molecule has 0 radical (unpaired) electrons. The van der Waals surface area contributed by atoms with Gasteiger partial charge < -0.3 is 9.80 Å². The Bertz CT molecular complexity index is 3130. The van der Waals surface area contributed by atoms with Crippen molar-refractivity contribution in [3.63, 3.8) is 0 Å². The van der Waals surface area contributed by atoms with Crippen LogP contribution in [-0.4, -0.2) is 6.71 Å². The minimum atomic E-state index is -0.381. The minimum absolute atomic E-state index is 0.0879. The van der Waals surface area contributed by atoms with Crippen molar-refractivity contribution in [2.75, 3.05) is 9.80 Å². The largest absolute Gasteiger partial charge is 0.311 e. The quantitative estimate of drug-likeness (QED) is 0.166. The third-order valence-electron chi connectivity index (χ3n) is 13.4. The number of hydrogen-bond donors (Lipinski definition) is 0. The molecule has 2 aliphatic heterocycles. The van der Waals surface area contributed by atoms with Crippen LogP contribution < -0.4 is 25.5 Å². The van der Waals surface area contributed by atoms with Gasteiger partial charge in [0.2, 0.25) is 0 Å². The van der Waals surface area contributed by atoms with E-state index in [0.717, 1.165) is 0 Å². The zero-order valence-electron chi connectivity index (χ0n) is 32.3. The Morgan fingerprint density at radius 3 is 1.71 bits per heavy atom. The van der Waals surface area contributed by atoms with Gasteiger partial charge in [-0.2, -0.15) is 0 Å². The maximum atomic E-state index is 2.59. The Morgan fingerprint density at radius 2 is 1.03 bits per heavy atom. The molecule has 2 aliphatic carbocycles. The molecule has 58 heavy (non-hydrogen) atoms. The fraction of sp³-hybridized carbons (Fsp3) is 0.0741. The Hall–Kier alpha value is -6.62. The molecule has 2 nitrogen and oxygen atoms in total. The highest BCUT2D eigenvalue weighted by Gasteiger charge is 2.52. The van der Waals surface area contributed by atoms with Crippen LogP contribution in [0.5, 0.6) is 0 Å². The first-order chi connectivity index (χ1) is 28.6. The maximum Gasteiger partial charge on any atom is 0.264 e. The highest BCUT2D eigenvalue weighted by molar-refractivity contribution is 7.33. The van der Waals surface area contributed by atoms with E-state index in [1.54, 1.807) is 0 Å². The highest BCUT2D eigenvalue weighted by Crippen LogP contribution is 2.64. The molecule has 4 aliphatic rings. The van der Waals surface area contributed by atoms with E-state index in [1.807, 2.05) is 11.3 Å². The number of hydrogen-bond acceptors (Lipinski definition) is 3. The molecule has 0 saturated heterocycles. The first-order valence-corrected chi connectivity index (χ1v) is 21.3. The predicted molar refractivity (Wildman–Crippen MR) is 246 cm³/mol. The zero-order valence-corrected chi connectivity index (χ0v) is 33.1. The van der Waals surface area contributed by atoms with Crippen molar-refractivity contribution in [1.29, 1.82) is 0 Å². The molecule has 0 amide bonds. The van der Waals surface area contributed by atoms with Crippen molar-refractivity contribution < 1.29 is 0 Å². The normalized spacial score (nSPS) is 14.6. The number of para-hydroxylation sites is 2. The van der Waals surface area contributed by atoms with Gasteiger partial charge in [-0.05, 0) is 122 Å². The summed E-state index contributed by atoms with van der Waals surface area (Å²) in [7, 11) is 0. The summed E-state index contributed by atoms with van der Waals surface area (Å²) in [5, 5.41) is 1.32. The monoisotopic (exact) mass is 756 g/mol. The lowest BCUT2D eigenvalue weighted by Gasteiger charge is -2.43. The second kappa shape index (κ2) is 11.7. The van der Waals surface area contributed by atoms with Crippen LogP contribution in [0.3, 0.4) is 0 Å². The first-order valence-electron chi connectivity index (χ1n) is 20.5. The Labute approximate surface area is 343 Å². The van der Waals surface area contributed by atoms with Crippen molar-refractivity contribution >= 4 is 78.0 Å². The van der Waals surface area contributed by atoms with Crippen LogP contribution in [0, 0.1) is 0 Å². The molecule has 3 heterocycles. The van der Waals surface area contributed by atoms with E-state index in [1.165, 1.54) is 110 Å². The fourth-order valence-electron chi connectivity index (χ4n) is 11.1. The molecular formula is C54H37BN2S. The molecule has 0 bridgehead atoms. The fourth-order valence-corrected chi connectivity index (χ4v) is 12.4. The number of rotatable bonds is 3. The van der Waals surface area contributed by atoms with Crippen molar-refractivity contribution in [2.24, 2.45) is 0 Å². The van der Waals surface area contributed by atoms with Gasteiger partial charge in [0.05, 0.1) is 11.1 Å². The molecule has 0 atom stereocenters.